The van der Waals surface area contributed by atoms with Crippen molar-refractivity contribution in [1.82, 2.24) is 4.57 Å². The Morgan fingerprint density at radius 1 is 0.315 bits per heavy atom. The number of hydrogen-bond donors (Lipinski definition) is 0. The van der Waals surface area contributed by atoms with E-state index in [-0.39, 0.29) is 0 Å². The highest BCUT2D eigenvalue weighted by molar-refractivity contribution is 6.16. The van der Waals surface area contributed by atoms with Crippen molar-refractivity contribution in [2.75, 3.05) is 4.90 Å². The van der Waals surface area contributed by atoms with Gasteiger partial charge < -0.3 is 9.47 Å². The van der Waals surface area contributed by atoms with Crippen LogP contribution < -0.4 is 4.90 Å². The molecule has 10 rings (SSSR count). The molecule has 0 atom stereocenters. The zero-order valence-electron chi connectivity index (χ0n) is 29.7. The molecule has 0 fully saturated rings. The highest BCUT2D eigenvalue weighted by Gasteiger charge is 2.20. The van der Waals surface area contributed by atoms with Crippen molar-refractivity contribution in [3.63, 3.8) is 0 Å². The molecule has 0 bridgehead atoms. The molecule has 0 saturated heterocycles. The van der Waals surface area contributed by atoms with Crippen molar-refractivity contribution in [1.29, 1.82) is 0 Å². The SMILES string of the molecule is c1ccc(-c2ccc(N(c3ccc4cc(-c5ccccc5)ccc4c3)c3ccc4c(c3)c3c(-c5ccccc5)cccc3n4-c3ccccc3)cc2)cc1. The first-order chi connectivity index (χ1) is 26.8. The second kappa shape index (κ2) is 13.4. The predicted molar refractivity (Wildman–Crippen MR) is 229 cm³/mol. The number of nitrogens with zero attached hydrogens (tertiary/aromatic N) is 2. The molecule has 10 aromatic rings. The Hall–Kier alpha value is -7.16. The number of aromatic nitrogens is 1. The summed E-state index contributed by atoms with van der Waals surface area (Å²) in [4.78, 5) is 2.40. The van der Waals surface area contributed by atoms with Crippen LogP contribution in [0.5, 0.6) is 0 Å². The molecular weight excluding hydrogens is 653 g/mol. The first-order valence-electron chi connectivity index (χ1n) is 18.5. The van der Waals surface area contributed by atoms with Gasteiger partial charge in [0.25, 0.3) is 0 Å². The van der Waals surface area contributed by atoms with Crippen LogP contribution >= 0.6 is 0 Å². The van der Waals surface area contributed by atoms with Crippen LogP contribution in [0.4, 0.5) is 17.1 Å². The van der Waals surface area contributed by atoms with Crippen LogP contribution in [0.1, 0.15) is 0 Å². The second-order valence-electron chi connectivity index (χ2n) is 13.8. The first kappa shape index (κ1) is 31.6. The van der Waals surface area contributed by atoms with Gasteiger partial charge in [0.1, 0.15) is 0 Å². The number of para-hydroxylation sites is 1. The average molecular weight is 689 g/mol. The molecule has 0 aliphatic carbocycles. The summed E-state index contributed by atoms with van der Waals surface area (Å²) in [5, 5.41) is 4.88. The lowest BCUT2D eigenvalue weighted by atomic mass is 9.99. The van der Waals surface area contributed by atoms with Crippen molar-refractivity contribution in [3.05, 3.63) is 218 Å². The quantitative estimate of drug-likeness (QED) is 0.162. The van der Waals surface area contributed by atoms with Gasteiger partial charge in [0, 0.05) is 33.5 Å². The summed E-state index contributed by atoms with van der Waals surface area (Å²) in [6.45, 7) is 0. The molecule has 2 heteroatoms. The van der Waals surface area contributed by atoms with Gasteiger partial charge in [-0.1, -0.05) is 152 Å². The van der Waals surface area contributed by atoms with E-state index in [9.17, 15) is 0 Å². The Bertz CT molecular complexity index is 2890. The lowest BCUT2D eigenvalue weighted by molar-refractivity contribution is 1.18. The molecule has 2 nitrogen and oxygen atoms in total. The van der Waals surface area contributed by atoms with Crippen LogP contribution in [0.3, 0.4) is 0 Å². The van der Waals surface area contributed by atoms with Gasteiger partial charge in [0.05, 0.1) is 11.0 Å². The maximum atomic E-state index is 2.40. The normalized spacial score (nSPS) is 11.3. The molecule has 0 saturated carbocycles. The highest BCUT2D eigenvalue weighted by Crippen LogP contribution is 2.43. The van der Waals surface area contributed by atoms with Crippen LogP contribution in [-0.4, -0.2) is 4.57 Å². The summed E-state index contributed by atoms with van der Waals surface area (Å²) in [6.07, 6.45) is 0. The zero-order chi connectivity index (χ0) is 35.8. The molecule has 0 unspecified atom stereocenters. The number of hydrogen-bond acceptors (Lipinski definition) is 1. The highest BCUT2D eigenvalue weighted by atomic mass is 15.1. The minimum atomic E-state index is 1.10. The molecule has 254 valence electrons. The van der Waals surface area contributed by atoms with E-state index in [0.29, 0.717) is 0 Å². The lowest BCUT2D eigenvalue weighted by Gasteiger charge is -2.26. The van der Waals surface area contributed by atoms with E-state index in [1.807, 2.05) is 0 Å². The Morgan fingerprint density at radius 2 is 0.833 bits per heavy atom. The van der Waals surface area contributed by atoms with E-state index < -0.39 is 0 Å². The van der Waals surface area contributed by atoms with Crippen LogP contribution in [-0.2, 0) is 0 Å². The van der Waals surface area contributed by atoms with E-state index >= 15 is 0 Å². The summed E-state index contributed by atoms with van der Waals surface area (Å²) in [5.74, 6) is 0. The number of benzene rings is 9. The Labute approximate surface area is 315 Å². The summed E-state index contributed by atoms with van der Waals surface area (Å²) >= 11 is 0. The number of anilines is 3. The molecule has 0 aliphatic rings. The van der Waals surface area contributed by atoms with Gasteiger partial charge in [-0.25, -0.2) is 0 Å². The fourth-order valence-electron chi connectivity index (χ4n) is 7.97. The summed E-state index contributed by atoms with van der Waals surface area (Å²) in [5.41, 5.74) is 14.1. The predicted octanol–water partition coefficient (Wildman–Crippen LogP) is 14.4. The Kier molecular flexibility index (Phi) is 7.85. The van der Waals surface area contributed by atoms with Crippen molar-refractivity contribution in [2.24, 2.45) is 0 Å². The molecule has 1 heterocycles. The fraction of sp³-hybridized carbons (Fsp3) is 0. The third kappa shape index (κ3) is 5.62. The molecule has 0 radical (unpaired) electrons. The fourth-order valence-corrected chi connectivity index (χ4v) is 7.97. The largest absolute Gasteiger partial charge is 0.310 e. The van der Waals surface area contributed by atoms with E-state index in [4.69, 9.17) is 0 Å². The minimum absolute atomic E-state index is 1.10. The third-order valence-corrected chi connectivity index (χ3v) is 10.6. The first-order valence-corrected chi connectivity index (χ1v) is 18.5. The van der Waals surface area contributed by atoms with Gasteiger partial charge in [-0.2, -0.15) is 0 Å². The lowest BCUT2D eigenvalue weighted by Crippen LogP contribution is -2.10. The van der Waals surface area contributed by atoms with Crippen molar-refractivity contribution in [3.8, 4) is 39.1 Å². The summed E-state index contributed by atoms with van der Waals surface area (Å²) < 4.78 is 2.40. The van der Waals surface area contributed by atoms with Crippen molar-refractivity contribution >= 4 is 49.6 Å². The minimum Gasteiger partial charge on any atom is -0.310 e. The van der Waals surface area contributed by atoms with E-state index in [1.165, 1.54) is 66.0 Å². The molecular formula is C52H36N2. The van der Waals surface area contributed by atoms with Crippen LogP contribution in [0.2, 0.25) is 0 Å². The van der Waals surface area contributed by atoms with Gasteiger partial charge >= 0.3 is 0 Å². The molecule has 0 spiro atoms. The topological polar surface area (TPSA) is 8.17 Å². The second-order valence-corrected chi connectivity index (χ2v) is 13.8. The van der Waals surface area contributed by atoms with Crippen LogP contribution in [0, 0.1) is 0 Å². The smallest absolute Gasteiger partial charge is 0.0547 e. The molecule has 1 aromatic heterocycles. The molecule has 0 N–H and O–H groups in total. The monoisotopic (exact) mass is 688 g/mol. The summed E-state index contributed by atoms with van der Waals surface area (Å²) in [7, 11) is 0. The number of fused-ring (bicyclic) bond motifs is 4. The molecule has 54 heavy (non-hydrogen) atoms. The maximum absolute atomic E-state index is 2.40. The van der Waals surface area contributed by atoms with E-state index in [2.05, 4.69) is 228 Å². The average Bonchev–Trinajstić information content (AvgIpc) is 3.59. The Balaban J connectivity index is 1.19. The standard InChI is InChI=1S/C52H36N2/c1-5-14-37(15-6-1)39-26-29-45(30-27-39)53(46-31-28-42-34-41(24-25-43(42)35-46)38-16-7-2-8-17-38)47-32-33-50-49(36-47)52-48(40-18-9-3-10-19-40)22-13-23-51(52)54(50)44-20-11-4-12-21-44/h1-36H. The molecule has 0 amide bonds. The van der Waals surface area contributed by atoms with E-state index in [0.717, 1.165) is 22.7 Å². The van der Waals surface area contributed by atoms with Crippen LogP contribution in [0.25, 0.3) is 71.6 Å². The van der Waals surface area contributed by atoms with Crippen molar-refractivity contribution < 1.29 is 0 Å². The molecule has 9 aromatic carbocycles. The molecule has 0 aliphatic heterocycles. The van der Waals surface area contributed by atoms with E-state index in [1.54, 1.807) is 0 Å². The third-order valence-electron chi connectivity index (χ3n) is 10.6. The van der Waals surface area contributed by atoms with Gasteiger partial charge in [-0.3, -0.25) is 0 Å². The summed E-state index contributed by atoms with van der Waals surface area (Å²) in [6, 6.07) is 78.9. The van der Waals surface area contributed by atoms with Gasteiger partial charge in [0.15, 0.2) is 0 Å². The van der Waals surface area contributed by atoms with Gasteiger partial charge in [-0.05, 0) is 111 Å². The maximum Gasteiger partial charge on any atom is 0.0547 e. The van der Waals surface area contributed by atoms with Crippen molar-refractivity contribution in [2.45, 2.75) is 0 Å². The number of rotatable bonds is 7. The zero-order valence-corrected chi connectivity index (χ0v) is 29.7. The van der Waals surface area contributed by atoms with Crippen LogP contribution in [0.15, 0.2) is 218 Å². The van der Waals surface area contributed by atoms with Gasteiger partial charge in [-0.15, -0.1) is 0 Å². The Morgan fingerprint density at radius 3 is 1.54 bits per heavy atom. The van der Waals surface area contributed by atoms with Gasteiger partial charge in [0.2, 0.25) is 0 Å².